The predicted molar refractivity (Wildman–Crippen MR) is 149 cm³/mol. The summed E-state index contributed by atoms with van der Waals surface area (Å²) in [6.07, 6.45) is 0.351. The minimum absolute atomic E-state index is 0.00960. The van der Waals surface area contributed by atoms with Crippen molar-refractivity contribution in [2.24, 2.45) is 0 Å². The number of methoxy groups -OCH3 is 1. The number of hydrogen-bond donors (Lipinski definition) is 1. The largest absolute Gasteiger partial charge is 0.497 e. The number of nitrogens with zero attached hydrogens (tertiary/aromatic N) is 2. The van der Waals surface area contributed by atoms with Gasteiger partial charge in [0.15, 0.2) is 0 Å². The highest BCUT2D eigenvalue weighted by Gasteiger charge is 2.33. The molecule has 3 aromatic rings. The molecule has 0 bridgehead atoms. The first-order valence-corrected chi connectivity index (χ1v) is 13.9. The van der Waals surface area contributed by atoms with Crippen molar-refractivity contribution in [2.75, 3.05) is 25.0 Å². The monoisotopic (exact) mass is 557 g/mol. The van der Waals surface area contributed by atoms with E-state index in [0.29, 0.717) is 17.2 Å². The van der Waals surface area contributed by atoms with Crippen molar-refractivity contribution >= 4 is 39.1 Å². The van der Waals surface area contributed by atoms with Crippen molar-refractivity contribution in [3.8, 4) is 5.75 Å². The molecule has 8 nitrogen and oxygen atoms in total. The van der Waals surface area contributed by atoms with Crippen molar-refractivity contribution in [1.29, 1.82) is 0 Å². The molecule has 1 N–H and O–H groups in total. The van der Waals surface area contributed by atoms with Gasteiger partial charge in [-0.3, -0.25) is 13.9 Å². The summed E-state index contributed by atoms with van der Waals surface area (Å²) in [5, 5.41) is 3.04. The number of rotatable bonds is 11. The lowest BCUT2D eigenvalue weighted by molar-refractivity contribution is -0.140. The van der Waals surface area contributed by atoms with Crippen LogP contribution < -0.4 is 14.4 Å². The van der Waals surface area contributed by atoms with Crippen LogP contribution in [0.5, 0.6) is 5.75 Å². The highest BCUT2D eigenvalue weighted by atomic mass is 35.5. The van der Waals surface area contributed by atoms with Crippen LogP contribution in [0.4, 0.5) is 5.69 Å². The van der Waals surface area contributed by atoms with Crippen LogP contribution in [0.1, 0.15) is 24.5 Å². The van der Waals surface area contributed by atoms with Crippen LogP contribution in [-0.4, -0.2) is 51.9 Å². The fourth-order valence-corrected chi connectivity index (χ4v) is 5.64. The zero-order chi connectivity index (χ0) is 27.9. The molecular weight excluding hydrogens is 526 g/mol. The molecule has 0 aliphatic rings. The first-order valence-electron chi connectivity index (χ1n) is 12.1. The second-order valence-corrected chi connectivity index (χ2v) is 11.0. The Bertz CT molecular complexity index is 1360. The second kappa shape index (κ2) is 12.8. The van der Waals surface area contributed by atoms with Gasteiger partial charge in [-0.1, -0.05) is 48.4 Å². The average Bonchev–Trinajstić information content (AvgIpc) is 2.91. The van der Waals surface area contributed by atoms with Crippen LogP contribution in [-0.2, 0) is 26.2 Å². The van der Waals surface area contributed by atoms with E-state index in [1.54, 1.807) is 12.1 Å². The van der Waals surface area contributed by atoms with Gasteiger partial charge in [0, 0.05) is 18.6 Å². The number of nitrogens with one attached hydrogen (secondary N) is 1. The molecule has 1 unspecified atom stereocenters. The Morgan fingerprint density at radius 1 is 1.03 bits per heavy atom. The summed E-state index contributed by atoms with van der Waals surface area (Å²) in [6, 6.07) is 18.9. The first-order chi connectivity index (χ1) is 18.1. The quantitative estimate of drug-likeness (QED) is 0.377. The summed E-state index contributed by atoms with van der Waals surface area (Å²) in [5.41, 5.74) is 2.10. The highest BCUT2D eigenvalue weighted by Crippen LogP contribution is 2.27. The van der Waals surface area contributed by atoms with Crippen molar-refractivity contribution in [3.05, 3.63) is 88.9 Å². The maximum absolute atomic E-state index is 13.9. The number of aryl methyl sites for hydroxylation is 1. The lowest BCUT2D eigenvalue weighted by Crippen LogP contribution is -2.51. The summed E-state index contributed by atoms with van der Waals surface area (Å²) in [6.45, 7) is 3.37. The van der Waals surface area contributed by atoms with Gasteiger partial charge in [-0.2, -0.15) is 0 Å². The van der Waals surface area contributed by atoms with Crippen LogP contribution in [0.2, 0.25) is 5.02 Å². The summed E-state index contributed by atoms with van der Waals surface area (Å²) >= 11 is 6.05. The molecule has 0 aromatic heterocycles. The number of carbonyl (C=O) groups excluding carboxylic acids is 2. The number of likely N-dealkylation sites (N-methyl/N-ethyl adjacent to an activating group) is 1. The Morgan fingerprint density at radius 3 is 2.24 bits per heavy atom. The summed E-state index contributed by atoms with van der Waals surface area (Å²) in [5.74, 6) is -0.350. The lowest BCUT2D eigenvalue weighted by atomic mass is 10.1. The summed E-state index contributed by atoms with van der Waals surface area (Å²) < 4.78 is 33.8. The number of benzene rings is 3. The molecule has 0 fully saturated rings. The topological polar surface area (TPSA) is 96.0 Å². The smallest absolute Gasteiger partial charge is 0.264 e. The van der Waals surface area contributed by atoms with Gasteiger partial charge in [-0.25, -0.2) is 8.42 Å². The number of hydrogen-bond acceptors (Lipinski definition) is 5. The van der Waals surface area contributed by atoms with Gasteiger partial charge in [-0.05, 0) is 67.4 Å². The van der Waals surface area contributed by atoms with E-state index in [1.807, 2.05) is 38.1 Å². The van der Waals surface area contributed by atoms with Gasteiger partial charge >= 0.3 is 0 Å². The van der Waals surface area contributed by atoms with Gasteiger partial charge in [-0.15, -0.1) is 0 Å². The zero-order valence-corrected chi connectivity index (χ0v) is 23.4. The molecule has 0 heterocycles. The Balaban J connectivity index is 2.05. The average molecular weight is 558 g/mol. The number of ether oxygens (including phenoxy) is 1. The van der Waals surface area contributed by atoms with Crippen molar-refractivity contribution in [3.63, 3.8) is 0 Å². The maximum Gasteiger partial charge on any atom is 0.264 e. The molecule has 0 aliphatic carbocycles. The van der Waals surface area contributed by atoms with Crippen molar-refractivity contribution in [2.45, 2.75) is 37.8 Å². The van der Waals surface area contributed by atoms with Gasteiger partial charge < -0.3 is 15.0 Å². The van der Waals surface area contributed by atoms with Gasteiger partial charge in [0.1, 0.15) is 18.3 Å². The Hall–Kier alpha value is -3.56. The molecule has 10 heteroatoms. The molecule has 38 heavy (non-hydrogen) atoms. The molecule has 0 saturated heterocycles. The molecule has 0 radical (unpaired) electrons. The van der Waals surface area contributed by atoms with Crippen LogP contribution in [0.15, 0.2) is 77.7 Å². The number of carbonyl (C=O) groups is 2. The highest BCUT2D eigenvalue weighted by molar-refractivity contribution is 7.92. The van der Waals surface area contributed by atoms with Crippen LogP contribution in [0, 0.1) is 6.92 Å². The van der Waals surface area contributed by atoms with E-state index in [9.17, 15) is 18.0 Å². The third-order valence-corrected chi connectivity index (χ3v) is 8.15. The summed E-state index contributed by atoms with van der Waals surface area (Å²) in [4.78, 5) is 28.1. The standard InChI is InChI=1S/C28H32ClN3O5S/c1-5-26(28(34)30-3)31(18-21-8-6-7-20(2)17-21)27(33)19-32(23-11-9-22(29)10-12-23)38(35,36)25-15-13-24(37-4)14-16-25/h6-17,26H,5,18-19H2,1-4H3,(H,30,34). The third kappa shape index (κ3) is 6.85. The molecule has 3 aromatic carbocycles. The molecule has 2 amide bonds. The lowest BCUT2D eigenvalue weighted by Gasteiger charge is -2.33. The van der Waals surface area contributed by atoms with E-state index in [4.69, 9.17) is 16.3 Å². The number of sulfonamides is 1. The normalized spacial score (nSPS) is 11.9. The van der Waals surface area contributed by atoms with Gasteiger partial charge in [0.25, 0.3) is 10.0 Å². The molecule has 0 saturated carbocycles. The number of anilines is 1. The van der Waals surface area contributed by atoms with Gasteiger partial charge in [0.2, 0.25) is 11.8 Å². The number of amides is 2. The fourth-order valence-electron chi connectivity index (χ4n) is 4.10. The second-order valence-electron chi connectivity index (χ2n) is 8.71. The van der Waals surface area contributed by atoms with Crippen molar-refractivity contribution < 1.29 is 22.7 Å². The van der Waals surface area contributed by atoms with Crippen LogP contribution in [0.3, 0.4) is 0 Å². The Labute approximate surface area is 229 Å². The SMILES string of the molecule is CCC(C(=O)NC)N(Cc1cccc(C)c1)C(=O)CN(c1ccc(Cl)cc1)S(=O)(=O)c1ccc(OC)cc1. The third-order valence-electron chi connectivity index (χ3n) is 6.11. The Kier molecular flexibility index (Phi) is 9.77. The molecule has 1 atom stereocenters. The number of halogens is 1. The molecule has 0 spiro atoms. The minimum Gasteiger partial charge on any atom is -0.497 e. The van der Waals surface area contributed by atoms with E-state index in [1.165, 1.54) is 55.5 Å². The minimum atomic E-state index is -4.17. The molecule has 0 aliphatic heterocycles. The molecule has 202 valence electrons. The molecular formula is C28H32ClN3O5S. The van der Waals surface area contributed by atoms with E-state index in [-0.39, 0.29) is 23.0 Å². The van der Waals surface area contributed by atoms with E-state index < -0.39 is 28.5 Å². The maximum atomic E-state index is 13.9. The van der Waals surface area contributed by atoms with Gasteiger partial charge in [0.05, 0.1) is 17.7 Å². The fraction of sp³-hybridized carbons (Fsp3) is 0.286. The zero-order valence-electron chi connectivity index (χ0n) is 21.8. The molecule has 3 rings (SSSR count). The van der Waals surface area contributed by atoms with Crippen molar-refractivity contribution in [1.82, 2.24) is 10.2 Å². The van der Waals surface area contributed by atoms with E-state index in [0.717, 1.165) is 15.4 Å². The Morgan fingerprint density at radius 2 is 1.68 bits per heavy atom. The van der Waals surface area contributed by atoms with Crippen LogP contribution in [0.25, 0.3) is 0 Å². The van der Waals surface area contributed by atoms with E-state index >= 15 is 0 Å². The predicted octanol–water partition coefficient (Wildman–Crippen LogP) is 4.41. The van der Waals surface area contributed by atoms with E-state index in [2.05, 4.69) is 5.32 Å². The van der Waals surface area contributed by atoms with Crippen LogP contribution >= 0.6 is 11.6 Å². The first kappa shape index (κ1) is 29.0. The summed E-state index contributed by atoms with van der Waals surface area (Å²) in [7, 11) is -1.18.